The molecule has 3 N–H and O–H groups in total. The van der Waals surface area contributed by atoms with Crippen LogP contribution in [0.2, 0.25) is 0 Å². The number of hydrogen-bond donors (Lipinski definition) is 2. The molecular weight excluding hydrogens is 347 g/mol. The van der Waals surface area contributed by atoms with Crippen LogP contribution >= 0.6 is 15.9 Å². The third-order valence-electron chi connectivity index (χ3n) is 3.65. The van der Waals surface area contributed by atoms with Crippen molar-refractivity contribution in [2.75, 3.05) is 11.5 Å². The van der Waals surface area contributed by atoms with E-state index in [1.165, 1.54) is 12.1 Å². The first-order chi connectivity index (χ1) is 9.39. The fourth-order valence-electron chi connectivity index (χ4n) is 2.64. The van der Waals surface area contributed by atoms with Crippen molar-refractivity contribution in [1.29, 1.82) is 0 Å². The molecule has 1 aromatic rings. The van der Waals surface area contributed by atoms with Gasteiger partial charge in [0.05, 0.1) is 11.5 Å². The molecule has 2 rings (SSSR count). The molecule has 4 nitrogen and oxygen atoms in total. The average molecular weight is 365 g/mol. The van der Waals surface area contributed by atoms with E-state index in [-0.39, 0.29) is 29.3 Å². The Hall–Kier alpha value is -0.500. The van der Waals surface area contributed by atoms with Crippen molar-refractivity contribution in [2.24, 2.45) is 11.8 Å². The van der Waals surface area contributed by atoms with Gasteiger partial charge in [0.15, 0.2) is 9.84 Å². The van der Waals surface area contributed by atoms with Crippen LogP contribution in [0.5, 0.6) is 0 Å². The molecule has 0 saturated carbocycles. The van der Waals surface area contributed by atoms with Crippen LogP contribution in [-0.4, -0.2) is 26.0 Å². The van der Waals surface area contributed by atoms with E-state index in [9.17, 15) is 12.8 Å². The standard InChI is InChI=1S/C13H18BrFN2O2S/c14-13-2-1-11(15)6-10(13)7-12(17-16)5-9-3-4-20(18,19)8-9/h1-2,6,9,12,17H,3-5,7-8,16H2. The third-order valence-corrected chi connectivity index (χ3v) is 6.26. The molecule has 1 fully saturated rings. The van der Waals surface area contributed by atoms with Crippen LogP contribution in [0.1, 0.15) is 18.4 Å². The van der Waals surface area contributed by atoms with E-state index in [0.29, 0.717) is 19.3 Å². The predicted molar refractivity (Wildman–Crippen MR) is 80.3 cm³/mol. The van der Waals surface area contributed by atoms with Gasteiger partial charge in [-0.3, -0.25) is 11.3 Å². The molecule has 112 valence electrons. The molecule has 20 heavy (non-hydrogen) atoms. The predicted octanol–water partition coefficient (Wildman–Crippen LogP) is 1.79. The van der Waals surface area contributed by atoms with Gasteiger partial charge in [-0.15, -0.1) is 0 Å². The van der Waals surface area contributed by atoms with Crippen molar-refractivity contribution in [1.82, 2.24) is 5.43 Å². The van der Waals surface area contributed by atoms with E-state index in [0.717, 1.165) is 10.0 Å². The lowest BCUT2D eigenvalue weighted by atomic mass is 9.95. The van der Waals surface area contributed by atoms with Gasteiger partial charge < -0.3 is 0 Å². The molecule has 1 heterocycles. The van der Waals surface area contributed by atoms with Gasteiger partial charge in [-0.25, -0.2) is 12.8 Å². The highest BCUT2D eigenvalue weighted by atomic mass is 79.9. The maximum atomic E-state index is 13.3. The first-order valence-electron chi connectivity index (χ1n) is 6.50. The molecule has 2 unspecified atom stereocenters. The lowest BCUT2D eigenvalue weighted by Crippen LogP contribution is -2.38. The summed E-state index contributed by atoms with van der Waals surface area (Å²) in [6.07, 6.45) is 1.93. The molecule has 1 aliphatic heterocycles. The Balaban J connectivity index is 2.01. The van der Waals surface area contributed by atoms with Crippen LogP contribution in [0, 0.1) is 11.7 Å². The molecule has 1 aromatic carbocycles. The number of hydrogen-bond acceptors (Lipinski definition) is 4. The number of sulfone groups is 1. The van der Waals surface area contributed by atoms with E-state index in [1.54, 1.807) is 6.07 Å². The summed E-state index contributed by atoms with van der Waals surface area (Å²) in [5.74, 6) is 5.88. The third kappa shape index (κ3) is 4.25. The summed E-state index contributed by atoms with van der Waals surface area (Å²) in [5.41, 5.74) is 3.54. The van der Waals surface area contributed by atoms with Crippen molar-refractivity contribution >= 4 is 25.8 Å². The Labute approximate surface area is 126 Å². The van der Waals surface area contributed by atoms with E-state index < -0.39 is 9.84 Å². The van der Waals surface area contributed by atoms with Crippen molar-refractivity contribution in [3.63, 3.8) is 0 Å². The molecule has 0 radical (unpaired) electrons. The van der Waals surface area contributed by atoms with Gasteiger partial charge in [0, 0.05) is 10.5 Å². The lowest BCUT2D eigenvalue weighted by molar-refractivity contribution is 0.408. The Kier molecular flexibility index (Phi) is 5.17. The molecule has 0 bridgehead atoms. The largest absolute Gasteiger partial charge is 0.271 e. The number of rotatable bonds is 5. The number of halogens is 2. The van der Waals surface area contributed by atoms with Crippen LogP contribution in [0.4, 0.5) is 4.39 Å². The molecule has 0 aromatic heterocycles. The Morgan fingerprint density at radius 3 is 2.85 bits per heavy atom. The fourth-order valence-corrected chi connectivity index (χ4v) is 4.92. The second-order valence-electron chi connectivity index (χ2n) is 5.31. The van der Waals surface area contributed by atoms with E-state index >= 15 is 0 Å². The Morgan fingerprint density at radius 2 is 2.25 bits per heavy atom. The van der Waals surface area contributed by atoms with Gasteiger partial charge in [0.2, 0.25) is 0 Å². The smallest absolute Gasteiger partial charge is 0.150 e. The molecule has 0 spiro atoms. The summed E-state index contributed by atoms with van der Waals surface area (Å²) in [7, 11) is -2.87. The first-order valence-corrected chi connectivity index (χ1v) is 9.11. The zero-order valence-corrected chi connectivity index (χ0v) is 13.4. The van der Waals surface area contributed by atoms with E-state index in [2.05, 4.69) is 21.4 Å². The highest BCUT2D eigenvalue weighted by Gasteiger charge is 2.29. The summed E-state index contributed by atoms with van der Waals surface area (Å²) in [5, 5.41) is 0. The van der Waals surface area contributed by atoms with Crippen molar-refractivity contribution in [2.45, 2.75) is 25.3 Å². The van der Waals surface area contributed by atoms with Gasteiger partial charge in [-0.2, -0.15) is 0 Å². The monoisotopic (exact) mass is 364 g/mol. The molecule has 1 saturated heterocycles. The van der Waals surface area contributed by atoms with Crippen LogP contribution < -0.4 is 11.3 Å². The Bertz CT molecular complexity index is 580. The maximum absolute atomic E-state index is 13.3. The van der Waals surface area contributed by atoms with Crippen LogP contribution in [0.25, 0.3) is 0 Å². The summed E-state index contributed by atoms with van der Waals surface area (Å²) in [4.78, 5) is 0. The number of nitrogens with two attached hydrogens (primary N) is 1. The summed E-state index contributed by atoms with van der Waals surface area (Å²) in [6.45, 7) is 0. The minimum atomic E-state index is -2.87. The molecule has 0 amide bonds. The van der Waals surface area contributed by atoms with Gasteiger partial charge >= 0.3 is 0 Å². The number of hydrazine groups is 1. The summed E-state index contributed by atoms with van der Waals surface area (Å²) < 4.78 is 37.0. The van der Waals surface area contributed by atoms with Gasteiger partial charge in [0.25, 0.3) is 0 Å². The quantitative estimate of drug-likeness (QED) is 0.617. The second-order valence-corrected chi connectivity index (χ2v) is 8.39. The maximum Gasteiger partial charge on any atom is 0.150 e. The van der Waals surface area contributed by atoms with Crippen molar-refractivity contribution in [3.8, 4) is 0 Å². The molecule has 2 atom stereocenters. The summed E-state index contributed by atoms with van der Waals surface area (Å²) >= 11 is 3.39. The van der Waals surface area contributed by atoms with Crippen LogP contribution in [0.15, 0.2) is 22.7 Å². The van der Waals surface area contributed by atoms with Crippen LogP contribution in [0.3, 0.4) is 0 Å². The highest BCUT2D eigenvalue weighted by Crippen LogP contribution is 2.25. The van der Waals surface area contributed by atoms with Crippen molar-refractivity contribution in [3.05, 3.63) is 34.1 Å². The first kappa shape index (κ1) is 15.9. The number of benzene rings is 1. The topological polar surface area (TPSA) is 72.2 Å². The minimum Gasteiger partial charge on any atom is -0.271 e. The zero-order chi connectivity index (χ0) is 14.8. The van der Waals surface area contributed by atoms with Gasteiger partial charge in [0.1, 0.15) is 5.82 Å². The Morgan fingerprint density at radius 1 is 1.50 bits per heavy atom. The van der Waals surface area contributed by atoms with Crippen LogP contribution in [-0.2, 0) is 16.3 Å². The second kappa shape index (κ2) is 6.51. The zero-order valence-electron chi connectivity index (χ0n) is 11.0. The molecular formula is C13H18BrFN2O2S. The van der Waals surface area contributed by atoms with Crippen molar-refractivity contribution < 1.29 is 12.8 Å². The lowest BCUT2D eigenvalue weighted by Gasteiger charge is -2.19. The molecule has 0 aliphatic carbocycles. The average Bonchev–Trinajstić information content (AvgIpc) is 2.72. The van der Waals surface area contributed by atoms with E-state index in [4.69, 9.17) is 5.84 Å². The molecule has 7 heteroatoms. The highest BCUT2D eigenvalue weighted by molar-refractivity contribution is 9.10. The van der Waals surface area contributed by atoms with Gasteiger partial charge in [-0.1, -0.05) is 15.9 Å². The number of nitrogens with one attached hydrogen (secondary N) is 1. The SMILES string of the molecule is NNC(Cc1cc(F)ccc1Br)CC1CCS(=O)(=O)C1. The van der Waals surface area contributed by atoms with Gasteiger partial charge in [-0.05, 0) is 48.9 Å². The normalized spacial score (nSPS) is 22.9. The van der Waals surface area contributed by atoms with E-state index in [1.807, 2.05) is 0 Å². The minimum absolute atomic E-state index is 0.0635. The fraction of sp³-hybridized carbons (Fsp3) is 0.538. The molecule has 1 aliphatic rings. The summed E-state index contributed by atoms with van der Waals surface area (Å²) in [6, 6.07) is 4.46.